The molecule has 2 aromatic rings. The van der Waals surface area contributed by atoms with Crippen molar-refractivity contribution in [3.05, 3.63) is 40.2 Å². The van der Waals surface area contributed by atoms with Crippen LogP contribution in [0.15, 0.2) is 15.0 Å². The second-order valence-corrected chi connectivity index (χ2v) is 5.70. The molecule has 120 valence electrons. The third kappa shape index (κ3) is 3.06. The molecule has 0 fully saturated rings. The Morgan fingerprint density at radius 3 is 2.59 bits per heavy atom. The molecule has 0 aromatic carbocycles. The molecule has 0 saturated carbocycles. The molecule has 2 N–H and O–H groups in total. The van der Waals surface area contributed by atoms with E-state index in [2.05, 4.69) is 10.5 Å². The largest absolute Gasteiger partial charge is 0.466 e. The van der Waals surface area contributed by atoms with Crippen molar-refractivity contribution in [1.82, 2.24) is 10.5 Å². The van der Waals surface area contributed by atoms with Crippen LogP contribution in [0.3, 0.4) is 0 Å². The number of aliphatic hydroxyl groups is 1. The molecule has 1 amide bonds. The highest BCUT2D eigenvalue weighted by Gasteiger charge is 2.29. The zero-order valence-electron chi connectivity index (χ0n) is 13.6. The maximum atomic E-state index is 12.3. The lowest BCUT2D eigenvalue weighted by molar-refractivity contribution is 0.0513. The number of furan rings is 1. The summed E-state index contributed by atoms with van der Waals surface area (Å²) in [4.78, 5) is 12.3. The van der Waals surface area contributed by atoms with E-state index in [1.807, 2.05) is 13.8 Å². The molecule has 22 heavy (non-hydrogen) atoms. The third-order valence-corrected chi connectivity index (χ3v) is 3.71. The van der Waals surface area contributed by atoms with E-state index in [0.29, 0.717) is 34.8 Å². The van der Waals surface area contributed by atoms with Gasteiger partial charge in [-0.25, -0.2) is 0 Å². The lowest BCUT2D eigenvalue weighted by Crippen LogP contribution is -2.39. The lowest BCUT2D eigenvalue weighted by Gasteiger charge is -2.23. The molecule has 0 aliphatic carbocycles. The molecule has 1 atom stereocenters. The predicted octanol–water partition coefficient (Wildman–Crippen LogP) is 2.39. The fourth-order valence-corrected chi connectivity index (χ4v) is 2.55. The zero-order valence-corrected chi connectivity index (χ0v) is 13.6. The van der Waals surface area contributed by atoms with Crippen molar-refractivity contribution >= 4 is 5.91 Å². The topological polar surface area (TPSA) is 88.5 Å². The Hall–Kier alpha value is -2.08. The number of aryl methyl sites for hydroxylation is 4. The van der Waals surface area contributed by atoms with Gasteiger partial charge in [0.2, 0.25) is 0 Å². The van der Waals surface area contributed by atoms with Gasteiger partial charge in [0.15, 0.2) is 0 Å². The van der Waals surface area contributed by atoms with Crippen molar-refractivity contribution in [2.24, 2.45) is 0 Å². The van der Waals surface area contributed by atoms with Crippen molar-refractivity contribution in [3.63, 3.8) is 0 Å². The zero-order chi connectivity index (χ0) is 16.5. The van der Waals surface area contributed by atoms with E-state index in [-0.39, 0.29) is 12.5 Å². The number of carbonyl (C=O) groups is 1. The first-order valence-corrected chi connectivity index (χ1v) is 7.29. The van der Waals surface area contributed by atoms with E-state index in [0.717, 1.165) is 5.76 Å². The molecule has 2 heterocycles. The fraction of sp³-hybridized carbons (Fsp3) is 0.500. The molecule has 0 radical (unpaired) electrons. The summed E-state index contributed by atoms with van der Waals surface area (Å²) in [5.74, 6) is 1.55. The van der Waals surface area contributed by atoms with Gasteiger partial charge in [0.05, 0.1) is 12.2 Å². The van der Waals surface area contributed by atoms with Crippen LogP contribution in [0.4, 0.5) is 0 Å². The summed E-state index contributed by atoms with van der Waals surface area (Å²) in [6.07, 6.45) is 0.608. The van der Waals surface area contributed by atoms with Crippen molar-refractivity contribution in [2.75, 3.05) is 6.54 Å². The van der Waals surface area contributed by atoms with Gasteiger partial charge < -0.3 is 19.4 Å². The minimum Gasteiger partial charge on any atom is -0.466 e. The van der Waals surface area contributed by atoms with E-state index in [1.54, 1.807) is 26.8 Å². The summed E-state index contributed by atoms with van der Waals surface area (Å²) in [7, 11) is 0. The number of hydrogen-bond donors (Lipinski definition) is 2. The minimum atomic E-state index is -1.21. The molecule has 2 aromatic heterocycles. The number of nitrogens with one attached hydrogen (secondary N) is 1. The summed E-state index contributed by atoms with van der Waals surface area (Å²) in [6.45, 7) is 8.92. The number of nitrogens with zero attached hydrogens (tertiary/aromatic N) is 1. The van der Waals surface area contributed by atoms with Crippen molar-refractivity contribution < 1.29 is 18.8 Å². The first-order valence-electron chi connectivity index (χ1n) is 7.29. The molecule has 0 aliphatic rings. The van der Waals surface area contributed by atoms with Crippen molar-refractivity contribution in [2.45, 2.75) is 46.6 Å². The fourth-order valence-electron chi connectivity index (χ4n) is 2.55. The highest BCUT2D eigenvalue weighted by molar-refractivity contribution is 5.96. The van der Waals surface area contributed by atoms with Crippen LogP contribution in [0.2, 0.25) is 0 Å². The Balaban J connectivity index is 2.13. The van der Waals surface area contributed by atoms with Gasteiger partial charge in [-0.2, -0.15) is 0 Å². The van der Waals surface area contributed by atoms with Crippen LogP contribution in [-0.2, 0) is 12.0 Å². The standard InChI is InChI=1S/C16H22N2O4/c1-6-13-14(11(4)22-18-13)15(19)17-8-16(5,20)12-7-9(2)21-10(12)3/h7,20H,6,8H2,1-5H3,(H,17,19)/t16-/m1/s1. The molecule has 0 bridgehead atoms. The van der Waals surface area contributed by atoms with Crippen LogP contribution < -0.4 is 5.32 Å². The van der Waals surface area contributed by atoms with Gasteiger partial charge in [0, 0.05) is 5.56 Å². The lowest BCUT2D eigenvalue weighted by atomic mass is 9.96. The molecule has 6 heteroatoms. The van der Waals surface area contributed by atoms with Crippen molar-refractivity contribution in [1.29, 1.82) is 0 Å². The third-order valence-electron chi connectivity index (χ3n) is 3.71. The number of amides is 1. The molecular formula is C16H22N2O4. The van der Waals surface area contributed by atoms with E-state index in [4.69, 9.17) is 8.94 Å². The van der Waals surface area contributed by atoms with Gasteiger partial charge >= 0.3 is 0 Å². The van der Waals surface area contributed by atoms with Crippen LogP contribution in [0.5, 0.6) is 0 Å². The van der Waals surface area contributed by atoms with Gasteiger partial charge in [0.1, 0.15) is 28.4 Å². The predicted molar refractivity (Wildman–Crippen MR) is 80.7 cm³/mol. The van der Waals surface area contributed by atoms with E-state index in [1.165, 1.54) is 0 Å². The summed E-state index contributed by atoms with van der Waals surface area (Å²) >= 11 is 0. The Morgan fingerprint density at radius 2 is 2.05 bits per heavy atom. The summed E-state index contributed by atoms with van der Waals surface area (Å²) < 4.78 is 10.5. The molecule has 6 nitrogen and oxygen atoms in total. The van der Waals surface area contributed by atoms with Crippen LogP contribution in [-0.4, -0.2) is 22.7 Å². The van der Waals surface area contributed by atoms with Crippen LogP contribution in [0.25, 0.3) is 0 Å². The molecule has 0 aliphatic heterocycles. The summed E-state index contributed by atoms with van der Waals surface area (Å²) in [6, 6.07) is 1.78. The second kappa shape index (κ2) is 5.96. The van der Waals surface area contributed by atoms with Gasteiger partial charge in [-0.05, 0) is 40.2 Å². The van der Waals surface area contributed by atoms with E-state index in [9.17, 15) is 9.90 Å². The van der Waals surface area contributed by atoms with Gasteiger partial charge in [-0.1, -0.05) is 12.1 Å². The Labute approximate surface area is 129 Å². The minimum absolute atomic E-state index is 0.0689. The Morgan fingerprint density at radius 1 is 1.36 bits per heavy atom. The summed E-state index contributed by atoms with van der Waals surface area (Å²) in [5, 5.41) is 17.2. The maximum Gasteiger partial charge on any atom is 0.256 e. The number of rotatable bonds is 5. The smallest absolute Gasteiger partial charge is 0.256 e. The Kier molecular flexibility index (Phi) is 4.42. The molecule has 0 saturated heterocycles. The van der Waals surface area contributed by atoms with Crippen LogP contribution >= 0.6 is 0 Å². The second-order valence-electron chi connectivity index (χ2n) is 5.70. The Bertz CT molecular complexity index is 682. The molecular weight excluding hydrogens is 284 g/mol. The summed E-state index contributed by atoms with van der Waals surface area (Å²) in [5.41, 5.74) is 0.515. The normalized spacial score (nSPS) is 13.9. The monoisotopic (exact) mass is 306 g/mol. The SMILES string of the molecule is CCc1noc(C)c1C(=O)NC[C@@](C)(O)c1cc(C)oc1C. The number of hydrogen-bond acceptors (Lipinski definition) is 5. The van der Waals surface area contributed by atoms with Crippen LogP contribution in [0.1, 0.15) is 52.7 Å². The van der Waals surface area contributed by atoms with Gasteiger partial charge in [-0.15, -0.1) is 0 Å². The molecule has 2 rings (SSSR count). The van der Waals surface area contributed by atoms with Crippen LogP contribution in [0, 0.1) is 20.8 Å². The first-order chi connectivity index (χ1) is 10.3. The molecule has 0 spiro atoms. The first kappa shape index (κ1) is 16.3. The average Bonchev–Trinajstić information content (AvgIpc) is 2.99. The number of carbonyl (C=O) groups excluding carboxylic acids is 1. The maximum absolute atomic E-state index is 12.3. The number of aromatic nitrogens is 1. The highest BCUT2D eigenvalue weighted by atomic mass is 16.5. The van der Waals surface area contributed by atoms with Gasteiger partial charge in [0.25, 0.3) is 5.91 Å². The van der Waals surface area contributed by atoms with Gasteiger partial charge in [-0.3, -0.25) is 4.79 Å². The van der Waals surface area contributed by atoms with Crippen molar-refractivity contribution in [3.8, 4) is 0 Å². The van der Waals surface area contributed by atoms with E-state index < -0.39 is 5.60 Å². The molecule has 0 unspecified atom stereocenters. The quantitative estimate of drug-likeness (QED) is 0.885. The highest BCUT2D eigenvalue weighted by Crippen LogP contribution is 2.26. The average molecular weight is 306 g/mol. The van der Waals surface area contributed by atoms with E-state index >= 15 is 0 Å².